The van der Waals surface area contributed by atoms with Gasteiger partial charge in [0, 0.05) is 5.38 Å². The summed E-state index contributed by atoms with van der Waals surface area (Å²) in [7, 11) is 0. The van der Waals surface area contributed by atoms with Crippen molar-refractivity contribution in [2.24, 2.45) is 23.2 Å². The van der Waals surface area contributed by atoms with E-state index in [0.717, 1.165) is 53.8 Å². The molecule has 7 rings (SSSR count). The number of hydrogen-bond acceptors (Lipinski definition) is 4. The molecule has 0 aliphatic heterocycles. The molecule has 2 aromatic carbocycles. The number of nitrogens with zero attached hydrogens (tertiary/aromatic N) is 1. The predicted octanol–water partition coefficient (Wildman–Crippen LogP) is 6.03. The summed E-state index contributed by atoms with van der Waals surface area (Å²) in [6.45, 7) is 0.405. The van der Waals surface area contributed by atoms with Gasteiger partial charge in [-0.05, 0) is 79.2 Å². The van der Waals surface area contributed by atoms with Gasteiger partial charge in [-0.3, -0.25) is 4.79 Å². The topological polar surface area (TPSA) is 51.2 Å². The minimum absolute atomic E-state index is 0.137. The lowest BCUT2D eigenvalue weighted by molar-refractivity contribution is -0.140. The van der Waals surface area contributed by atoms with E-state index in [1.165, 1.54) is 36.0 Å². The number of hydrogen-bond donors (Lipinski definition) is 1. The van der Waals surface area contributed by atoms with Gasteiger partial charge >= 0.3 is 0 Å². The molecule has 3 aromatic rings. The zero-order valence-corrected chi connectivity index (χ0v) is 17.8. The highest BCUT2D eigenvalue weighted by Gasteiger charge is 2.54. The van der Waals surface area contributed by atoms with Crippen LogP contribution < -0.4 is 10.1 Å². The number of fused-ring (bicyclic) bond motifs is 1. The molecule has 4 fully saturated rings. The number of ether oxygens (including phenoxy) is 1. The molecule has 4 aliphatic rings. The Morgan fingerprint density at radius 2 is 1.73 bits per heavy atom. The molecule has 0 saturated heterocycles. The first kappa shape index (κ1) is 18.4. The summed E-state index contributed by atoms with van der Waals surface area (Å²) in [5.41, 5.74) is 0.719. The zero-order valence-electron chi connectivity index (χ0n) is 17.0. The molecule has 0 radical (unpaired) electrons. The highest BCUT2D eigenvalue weighted by atomic mass is 32.1. The number of benzene rings is 2. The van der Waals surface area contributed by atoms with E-state index in [0.29, 0.717) is 11.7 Å². The molecule has 0 unspecified atom stereocenters. The van der Waals surface area contributed by atoms with Gasteiger partial charge in [-0.15, -0.1) is 11.3 Å². The van der Waals surface area contributed by atoms with Crippen LogP contribution in [0.25, 0.3) is 10.8 Å². The van der Waals surface area contributed by atoms with Gasteiger partial charge in [0.15, 0.2) is 5.13 Å². The molecule has 1 N–H and O–H groups in total. The molecule has 5 heteroatoms. The SMILES string of the molecule is O=C(Nc1nc(COc2ccc3ccccc3c2)cs1)C12CC3CC(CC(C3)C1)C2. The Bertz CT molecular complexity index is 1070. The first-order valence-electron chi connectivity index (χ1n) is 11.0. The second-order valence-electron chi connectivity index (χ2n) is 9.59. The maximum Gasteiger partial charge on any atom is 0.232 e. The third-order valence-electron chi connectivity index (χ3n) is 7.40. The second kappa shape index (κ2) is 7.09. The summed E-state index contributed by atoms with van der Waals surface area (Å²) in [6, 6.07) is 14.4. The van der Waals surface area contributed by atoms with Gasteiger partial charge in [0.05, 0.1) is 11.1 Å². The van der Waals surface area contributed by atoms with Crippen molar-refractivity contribution in [3.8, 4) is 5.75 Å². The minimum atomic E-state index is -0.137. The van der Waals surface area contributed by atoms with Crippen LogP contribution in [0.2, 0.25) is 0 Å². The molecule has 154 valence electrons. The highest BCUT2D eigenvalue weighted by Crippen LogP contribution is 2.60. The van der Waals surface area contributed by atoms with Crippen molar-refractivity contribution in [2.45, 2.75) is 45.1 Å². The molecule has 30 heavy (non-hydrogen) atoms. The molecule has 1 amide bonds. The maximum absolute atomic E-state index is 13.2. The van der Waals surface area contributed by atoms with Crippen LogP contribution in [0.5, 0.6) is 5.75 Å². The number of aromatic nitrogens is 1. The van der Waals surface area contributed by atoms with Crippen molar-refractivity contribution in [2.75, 3.05) is 5.32 Å². The summed E-state index contributed by atoms with van der Waals surface area (Å²) in [5, 5.41) is 8.20. The van der Waals surface area contributed by atoms with Crippen LogP contribution in [0.4, 0.5) is 5.13 Å². The van der Waals surface area contributed by atoms with Crippen LogP contribution in [0.3, 0.4) is 0 Å². The van der Waals surface area contributed by atoms with Crippen LogP contribution in [-0.4, -0.2) is 10.9 Å². The van der Waals surface area contributed by atoms with Gasteiger partial charge in [-0.25, -0.2) is 4.98 Å². The average molecular weight is 419 g/mol. The Morgan fingerprint density at radius 3 is 2.47 bits per heavy atom. The number of thiazole rings is 1. The molecule has 4 bridgehead atoms. The third kappa shape index (κ3) is 3.29. The number of rotatable bonds is 5. The molecule has 1 aromatic heterocycles. The third-order valence-corrected chi connectivity index (χ3v) is 8.21. The molecule has 0 atom stereocenters. The maximum atomic E-state index is 13.2. The lowest BCUT2D eigenvalue weighted by Crippen LogP contribution is -2.51. The highest BCUT2D eigenvalue weighted by molar-refractivity contribution is 7.13. The monoisotopic (exact) mass is 418 g/mol. The molecule has 4 saturated carbocycles. The number of anilines is 1. The fraction of sp³-hybridized carbons (Fsp3) is 0.440. The summed E-state index contributed by atoms with van der Waals surface area (Å²) in [6.07, 6.45) is 7.27. The minimum Gasteiger partial charge on any atom is -0.487 e. The summed E-state index contributed by atoms with van der Waals surface area (Å²) >= 11 is 1.50. The van der Waals surface area contributed by atoms with Crippen LogP contribution >= 0.6 is 11.3 Å². The van der Waals surface area contributed by atoms with Crippen LogP contribution in [-0.2, 0) is 11.4 Å². The zero-order chi connectivity index (χ0) is 20.1. The number of carbonyl (C=O) groups excluding carboxylic acids is 1. The Morgan fingerprint density at radius 1 is 1.03 bits per heavy atom. The van der Waals surface area contributed by atoms with E-state index in [1.807, 2.05) is 23.6 Å². The van der Waals surface area contributed by atoms with Gasteiger partial charge < -0.3 is 10.1 Å². The Kier molecular flexibility index (Phi) is 4.34. The van der Waals surface area contributed by atoms with E-state index in [9.17, 15) is 4.79 Å². The first-order chi connectivity index (χ1) is 14.6. The van der Waals surface area contributed by atoms with Gasteiger partial charge in [-0.2, -0.15) is 0 Å². The first-order valence-corrected chi connectivity index (χ1v) is 11.9. The summed E-state index contributed by atoms with van der Waals surface area (Å²) in [5.74, 6) is 3.34. The van der Waals surface area contributed by atoms with Crippen molar-refractivity contribution in [1.29, 1.82) is 0 Å². The van der Waals surface area contributed by atoms with Gasteiger partial charge in [0.2, 0.25) is 5.91 Å². The number of carbonyl (C=O) groups is 1. The van der Waals surface area contributed by atoms with E-state index in [-0.39, 0.29) is 11.3 Å². The lowest BCUT2D eigenvalue weighted by atomic mass is 9.49. The van der Waals surface area contributed by atoms with Gasteiger partial charge in [-0.1, -0.05) is 30.3 Å². The number of nitrogens with one attached hydrogen (secondary N) is 1. The summed E-state index contributed by atoms with van der Waals surface area (Å²) < 4.78 is 5.95. The van der Waals surface area contributed by atoms with Crippen molar-refractivity contribution in [3.63, 3.8) is 0 Å². The van der Waals surface area contributed by atoms with E-state index < -0.39 is 0 Å². The van der Waals surface area contributed by atoms with E-state index in [1.54, 1.807) is 0 Å². The lowest BCUT2D eigenvalue weighted by Gasteiger charge is -2.55. The molecule has 1 heterocycles. The van der Waals surface area contributed by atoms with Crippen LogP contribution in [0.15, 0.2) is 47.8 Å². The molecular weight excluding hydrogens is 392 g/mol. The largest absolute Gasteiger partial charge is 0.487 e. The Labute approximate surface area is 180 Å². The van der Waals surface area contributed by atoms with Crippen molar-refractivity contribution >= 4 is 33.1 Å². The fourth-order valence-electron chi connectivity index (χ4n) is 6.46. The fourth-order valence-corrected chi connectivity index (χ4v) is 7.15. The molecule has 4 nitrogen and oxygen atoms in total. The molecule has 4 aliphatic carbocycles. The van der Waals surface area contributed by atoms with E-state index >= 15 is 0 Å². The van der Waals surface area contributed by atoms with Crippen LogP contribution in [0.1, 0.15) is 44.2 Å². The Hall–Kier alpha value is -2.40. The predicted molar refractivity (Wildman–Crippen MR) is 120 cm³/mol. The van der Waals surface area contributed by atoms with Gasteiger partial charge in [0.1, 0.15) is 12.4 Å². The standard InChI is InChI=1S/C25H26N2O2S/c28-23(25-11-16-7-17(12-25)9-18(8-16)13-25)27-24-26-21(15-30-24)14-29-22-6-5-19-3-1-2-4-20(19)10-22/h1-6,10,15-18H,7-9,11-14H2,(H,26,27,28). The molecular formula is C25H26N2O2S. The van der Waals surface area contributed by atoms with Gasteiger partial charge in [0.25, 0.3) is 0 Å². The Balaban J connectivity index is 1.11. The molecule has 0 spiro atoms. The van der Waals surface area contributed by atoms with Crippen molar-refractivity contribution < 1.29 is 9.53 Å². The number of amides is 1. The average Bonchev–Trinajstić information content (AvgIpc) is 3.18. The smallest absolute Gasteiger partial charge is 0.232 e. The van der Waals surface area contributed by atoms with E-state index in [4.69, 9.17) is 4.74 Å². The summed E-state index contributed by atoms with van der Waals surface area (Å²) in [4.78, 5) is 17.8. The quantitative estimate of drug-likeness (QED) is 0.550. The van der Waals surface area contributed by atoms with E-state index in [2.05, 4.69) is 34.6 Å². The van der Waals surface area contributed by atoms with Crippen molar-refractivity contribution in [1.82, 2.24) is 4.98 Å². The normalized spacial score (nSPS) is 29.3. The second-order valence-corrected chi connectivity index (χ2v) is 10.5. The van der Waals surface area contributed by atoms with Crippen LogP contribution in [0, 0.1) is 23.2 Å². The van der Waals surface area contributed by atoms with Crippen molar-refractivity contribution in [3.05, 3.63) is 53.5 Å².